The molecule has 0 saturated heterocycles. The number of halogens is 1. The Morgan fingerprint density at radius 3 is 2.43 bits per heavy atom. The molecule has 2 aromatic carbocycles. The number of nitrogens with zero attached hydrogens (tertiary/aromatic N) is 1. The summed E-state index contributed by atoms with van der Waals surface area (Å²) in [7, 11) is 0. The summed E-state index contributed by atoms with van der Waals surface area (Å²) in [6, 6.07) is 19.0. The lowest BCUT2D eigenvalue weighted by atomic mass is 10.1. The number of hydrogen-bond donors (Lipinski definition) is 1. The number of ether oxygens (including phenoxy) is 1. The molecule has 0 amide bonds. The van der Waals surface area contributed by atoms with Gasteiger partial charge in [0.05, 0.1) is 5.02 Å². The number of pyridine rings is 1. The van der Waals surface area contributed by atoms with Crippen LogP contribution in [0.15, 0.2) is 66.9 Å². The van der Waals surface area contributed by atoms with E-state index in [0.29, 0.717) is 22.3 Å². The molecule has 0 saturated carbocycles. The molecule has 4 heteroatoms. The van der Waals surface area contributed by atoms with Crippen molar-refractivity contribution < 1.29 is 4.74 Å². The fourth-order valence-corrected chi connectivity index (χ4v) is 2.21. The molecule has 0 bridgehead atoms. The first-order valence-electron chi connectivity index (χ1n) is 6.47. The predicted molar refractivity (Wildman–Crippen MR) is 85.6 cm³/mol. The van der Waals surface area contributed by atoms with Crippen LogP contribution in [0.25, 0.3) is 11.1 Å². The molecule has 0 unspecified atom stereocenters. The van der Waals surface area contributed by atoms with E-state index in [4.69, 9.17) is 22.1 Å². The molecule has 0 aliphatic heterocycles. The zero-order valence-corrected chi connectivity index (χ0v) is 11.9. The summed E-state index contributed by atoms with van der Waals surface area (Å²) in [5.41, 5.74) is 8.43. The van der Waals surface area contributed by atoms with E-state index in [9.17, 15) is 0 Å². The summed E-state index contributed by atoms with van der Waals surface area (Å²) in [6.07, 6.45) is 1.59. The summed E-state index contributed by atoms with van der Waals surface area (Å²) < 4.78 is 5.66. The molecular formula is C17H13ClN2O. The molecule has 0 aliphatic rings. The number of anilines is 1. The zero-order chi connectivity index (χ0) is 14.7. The van der Waals surface area contributed by atoms with E-state index in [-0.39, 0.29) is 0 Å². The fourth-order valence-electron chi connectivity index (χ4n) is 1.99. The normalized spacial score (nSPS) is 10.3. The van der Waals surface area contributed by atoms with Gasteiger partial charge in [-0.2, -0.15) is 0 Å². The van der Waals surface area contributed by atoms with Gasteiger partial charge < -0.3 is 10.5 Å². The van der Waals surface area contributed by atoms with Crippen LogP contribution in [0.5, 0.6) is 11.6 Å². The Bertz CT molecular complexity index is 760. The summed E-state index contributed by atoms with van der Waals surface area (Å²) >= 11 is 6.28. The van der Waals surface area contributed by atoms with Crippen molar-refractivity contribution in [3.05, 3.63) is 71.9 Å². The van der Waals surface area contributed by atoms with Crippen molar-refractivity contribution in [1.82, 2.24) is 4.98 Å². The van der Waals surface area contributed by atoms with E-state index in [1.54, 1.807) is 18.3 Å². The van der Waals surface area contributed by atoms with E-state index in [0.717, 1.165) is 11.1 Å². The molecule has 3 rings (SSSR count). The smallest absolute Gasteiger partial charge is 0.221 e. The van der Waals surface area contributed by atoms with Crippen molar-refractivity contribution in [2.75, 3.05) is 5.73 Å². The van der Waals surface area contributed by atoms with E-state index in [1.165, 1.54) is 0 Å². The topological polar surface area (TPSA) is 48.1 Å². The molecule has 0 atom stereocenters. The molecule has 21 heavy (non-hydrogen) atoms. The molecule has 3 nitrogen and oxygen atoms in total. The number of nitrogen functional groups attached to an aromatic ring is 1. The first-order valence-corrected chi connectivity index (χ1v) is 6.84. The summed E-state index contributed by atoms with van der Waals surface area (Å²) in [5, 5.41) is 0.528. The van der Waals surface area contributed by atoms with Gasteiger partial charge in [-0.05, 0) is 29.3 Å². The first-order chi connectivity index (χ1) is 10.2. The number of hydrogen-bond acceptors (Lipinski definition) is 3. The minimum Gasteiger partial charge on any atom is -0.437 e. The monoisotopic (exact) mass is 296 g/mol. The van der Waals surface area contributed by atoms with Crippen molar-refractivity contribution in [3.63, 3.8) is 0 Å². The molecule has 0 spiro atoms. The summed E-state index contributed by atoms with van der Waals surface area (Å²) in [5.74, 6) is 0.971. The Hall–Kier alpha value is -2.52. The fraction of sp³-hybridized carbons (Fsp3) is 0. The second-order valence-corrected chi connectivity index (χ2v) is 4.95. The second kappa shape index (κ2) is 5.85. The Balaban J connectivity index is 1.88. The standard InChI is InChI=1S/C17H13ClN2O/c18-15-10-13(12-4-2-1-3-5-12)6-7-16(15)21-17-11-14(19)8-9-20-17/h1-11H,(H2,19,20). The van der Waals surface area contributed by atoms with E-state index in [2.05, 4.69) is 4.98 Å². The minimum atomic E-state index is 0.421. The van der Waals surface area contributed by atoms with Crippen LogP contribution in [-0.2, 0) is 0 Å². The molecule has 0 fully saturated rings. The highest BCUT2D eigenvalue weighted by atomic mass is 35.5. The Kier molecular flexibility index (Phi) is 3.75. The van der Waals surface area contributed by atoms with Crippen LogP contribution in [-0.4, -0.2) is 4.98 Å². The molecule has 1 heterocycles. The number of rotatable bonds is 3. The molecule has 1 aromatic heterocycles. The van der Waals surface area contributed by atoms with Gasteiger partial charge in [0.2, 0.25) is 5.88 Å². The molecular weight excluding hydrogens is 284 g/mol. The maximum atomic E-state index is 6.28. The molecule has 3 aromatic rings. The molecule has 0 radical (unpaired) electrons. The van der Waals surface area contributed by atoms with Gasteiger partial charge in [-0.15, -0.1) is 0 Å². The van der Waals surface area contributed by atoms with Gasteiger partial charge in [-0.3, -0.25) is 0 Å². The van der Waals surface area contributed by atoms with Gasteiger partial charge in [0.15, 0.2) is 0 Å². The average molecular weight is 297 g/mol. The van der Waals surface area contributed by atoms with Gasteiger partial charge in [-0.1, -0.05) is 48.0 Å². The third-order valence-corrected chi connectivity index (χ3v) is 3.31. The van der Waals surface area contributed by atoms with Crippen molar-refractivity contribution >= 4 is 17.3 Å². The van der Waals surface area contributed by atoms with Crippen LogP contribution in [0, 0.1) is 0 Å². The van der Waals surface area contributed by atoms with Crippen molar-refractivity contribution in [1.29, 1.82) is 0 Å². The van der Waals surface area contributed by atoms with Crippen LogP contribution in [0.1, 0.15) is 0 Å². The third kappa shape index (κ3) is 3.15. The first kappa shape index (κ1) is 13.5. The number of nitrogens with two attached hydrogens (primary N) is 1. The number of aromatic nitrogens is 1. The van der Waals surface area contributed by atoms with Gasteiger partial charge in [0, 0.05) is 18.0 Å². The highest BCUT2D eigenvalue weighted by Gasteiger charge is 2.06. The van der Waals surface area contributed by atoms with E-state index >= 15 is 0 Å². The highest BCUT2D eigenvalue weighted by Crippen LogP contribution is 2.33. The van der Waals surface area contributed by atoms with Crippen LogP contribution in [0.4, 0.5) is 5.69 Å². The zero-order valence-electron chi connectivity index (χ0n) is 11.2. The lowest BCUT2D eigenvalue weighted by molar-refractivity contribution is 0.463. The maximum Gasteiger partial charge on any atom is 0.221 e. The Morgan fingerprint density at radius 1 is 0.905 bits per heavy atom. The molecule has 2 N–H and O–H groups in total. The van der Waals surface area contributed by atoms with Gasteiger partial charge in [-0.25, -0.2) is 4.98 Å². The summed E-state index contributed by atoms with van der Waals surface area (Å²) in [4.78, 5) is 4.10. The van der Waals surface area contributed by atoms with Crippen molar-refractivity contribution in [2.24, 2.45) is 0 Å². The Morgan fingerprint density at radius 2 is 1.71 bits per heavy atom. The average Bonchev–Trinajstić information content (AvgIpc) is 2.50. The van der Waals surface area contributed by atoms with Crippen LogP contribution in [0.3, 0.4) is 0 Å². The van der Waals surface area contributed by atoms with Crippen LogP contribution >= 0.6 is 11.6 Å². The van der Waals surface area contributed by atoms with E-state index in [1.807, 2.05) is 48.5 Å². The predicted octanol–water partition coefficient (Wildman–Crippen LogP) is 4.78. The second-order valence-electron chi connectivity index (χ2n) is 4.54. The van der Waals surface area contributed by atoms with Crippen LogP contribution in [0.2, 0.25) is 5.02 Å². The third-order valence-electron chi connectivity index (χ3n) is 3.01. The maximum absolute atomic E-state index is 6.28. The van der Waals surface area contributed by atoms with Crippen molar-refractivity contribution in [2.45, 2.75) is 0 Å². The molecule has 104 valence electrons. The lowest BCUT2D eigenvalue weighted by Gasteiger charge is -2.09. The van der Waals surface area contributed by atoms with Crippen LogP contribution < -0.4 is 10.5 Å². The molecule has 0 aliphatic carbocycles. The highest BCUT2D eigenvalue weighted by molar-refractivity contribution is 6.32. The largest absolute Gasteiger partial charge is 0.437 e. The SMILES string of the molecule is Nc1ccnc(Oc2ccc(-c3ccccc3)cc2Cl)c1. The van der Waals surface area contributed by atoms with Gasteiger partial charge in [0.25, 0.3) is 0 Å². The van der Waals surface area contributed by atoms with Crippen molar-refractivity contribution in [3.8, 4) is 22.8 Å². The van der Waals surface area contributed by atoms with E-state index < -0.39 is 0 Å². The number of benzene rings is 2. The minimum absolute atomic E-state index is 0.421. The van der Waals surface area contributed by atoms with Gasteiger partial charge >= 0.3 is 0 Å². The quantitative estimate of drug-likeness (QED) is 0.757. The summed E-state index contributed by atoms with van der Waals surface area (Å²) in [6.45, 7) is 0. The lowest BCUT2D eigenvalue weighted by Crippen LogP contribution is -1.91. The van der Waals surface area contributed by atoms with Gasteiger partial charge in [0.1, 0.15) is 5.75 Å². The Labute approximate surface area is 128 Å².